The van der Waals surface area contributed by atoms with E-state index in [4.69, 9.17) is 4.99 Å². The molecular weight excluding hydrogens is 460 g/mol. The molecule has 0 radical (unpaired) electrons. The third-order valence-electron chi connectivity index (χ3n) is 6.80. The SMILES string of the molecule is C=C1C(CCC)=C(CC)N=C(C)N1C(c1ccccc1)c1ccccc1.C=CC.c1ccc(C2CC2)cc1. The van der Waals surface area contributed by atoms with Gasteiger partial charge in [-0.05, 0) is 67.7 Å². The lowest BCUT2D eigenvalue weighted by atomic mass is 9.93. The van der Waals surface area contributed by atoms with Gasteiger partial charge in [-0.1, -0.05) is 124 Å². The molecule has 1 aliphatic heterocycles. The Morgan fingerprint density at radius 3 is 1.76 bits per heavy atom. The topological polar surface area (TPSA) is 15.6 Å². The Balaban J connectivity index is 0.000000274. The van der Waals surface area contributed by atoms with Gasteiger partial charge in [0.2, 0.25) is 0 Å². The number of hydrogen-bond acceptors (Lipinski definition) is 2. The summed E-state index contributed by atoms with van der Waals surface area (Å²) in [6.45, 7) is 16.2. The molecule has 0 saturated heterocycles. The van der Waals surface area contributed by atoms with Gasteiger partial charge >= 0.3 is 0 Å². The highest BCUT2D eigenvalue weighted by Crippen LogP contribution is 2.40. The van der Waals surface area contributed by atoms with Crippen LogP contribution >= 0.6 is 0 Å². The number of aliphatic imine (C=N–C) groups is 1. The zero-order valence-corrected chi connectivity index (χ0v) is 23.7. The first-order chi connectivity index (χ1) is 18.5. The molecule has 1 saturated carbocycles. The van der Waals surface area contributed by atoms with Crippen LogP contribution in [0.3, 0.4) is 0 Å². The predicted octanol–water partition coefficient (Wildman–Crippen LogP) is 10.2. The summed E-state index contributed by atoms with van der Waals surface area (Å²) in [5.74, 6) is 1.93. The van der Waals surface area contributed by atoms with Gasteiger partial charge in [-0.2, -0.15) is 0 Å². The van der Waals surface area contributed by atoms with Crippen molar-refractivity contribution in [3.05, 3.63) is 144 Å². The van der Waals surface area contributed by atoms with Crippen LogP contribution in [-0.4, -0.2) is 10.7 Å². The van der Waals surface area contributed by atoms with Crippen molar-refractivity contribution < 1.29 is 0 Å². The largest absolute Gasteiger partial charge is 0.319 e. The Hall–Kier alpha value is -3.65. The standard InChI is InChI=1S/C24H28N2.C9H10.C3H6/c1-5-13-22-18(3)26(19(4)25-23(22)6-2)24(20-14-9-7-10-15-20)21-16-11-8-12-17-21;1-2-4-8(5-3-1)9-6-7-9;1-3-2/h7-12,14-17,24H,3,5-6,13H2,1-2,4H3;1-5,9H,6-7H2;3H,1H2,2H3. The maximum absolute atomic E-state index is 4.97. The number of hydrogen-bond donors (Lipinski definition) is 0. The van der Waals surface area contributed by atoms with E-state index < -0.39 is 0 Å². The molecule has 0 aromatic heterocycles. The summed E-state index contributed by atoms with van der Waals surface area (Å²) in [4.78, 5) is 7.28. The summed E-state index contributed by atoms with van der Waals surface area (Å²) in [6.07, 6.45) is 7.63. The molecule has 3 aromatic carbocycles. The van der Waals surface area contributed by atoms with Crippen molar-refractivity contribution in [1.29, 1.82) is 0 Å². The molecule has 1 aliphatic carbocycles. The molecule has 2 aliphatic rings. The Morgan fingerprint density at radius 1 is 0.868 bits per heavy atom. The smallest absolute Gasteiger partial charge is 0.107 e. The number of allylic oxidation sites excluding steroid dienone is 3. The first-order valence-electron chi connectivity index (χ1n) is 14.0. The molecule has 198 valence electrons. The van der Waals surface area contributed by atoms with Gasteiger partial charge in [-0.3, -0.25) is 0 Å². The normalized spacial score (nSPS) is 14.7. The van der Waals surface area contributed by atoms with E-state index in [1.54, 1.807) is 6.08 Å². The van der Waals surface area contributed by atoms with Gasteiger partial charge in [0.05, 0.1) is 6.04 Å². The highest BCUT2D eigenvalue weighted by Gasteiger charge is 2.30. The van der Waals surface area contributed by atoms with E-state index in [1.165, 1.54) is 40.8 Å². The monoisotopic (exact) mass is 504 g/mol. The van der Waals surface area contributed by atoms with Gasteiger partial charge in [0.25, 0.3) is 0 Å². The molecule has 0 bridgehead atoms. The molecule has 3 aromatic rings. The molecule has 2 heteroatoms. The third kappa shape index (κ3) is 7.68. The van der Waals surface area contributed by atoms with Crippen molar-refractivity contribution in [3.63, 3.8) is 0 Å². The van der Waals surface area contributed by atoms with E-state index in [2.05, 4.69) is 130 Å². The highest BCUT2D eigenvalue weighted by molar-refractivity contribution is 5.86. The van der Waals surface area contributed by atoms with Crippen molar-refractivity contribution in [2.45, 2.75) is 71.8 Å². The second-order valence-electron chi connectivity index (χ2n) is 9.82. The summed E-state index contributed by atoms with van der Waals surface area (Å²) in [5.41, 5.74) is 7.62. The average molecular weight is 505 g/mol. The first-order valence-corrected chi connectivity index (χ1v) is 14.0. The van der Waals surface area contributed by atoms with Crippen molar-refractivity contribution in [3.8, 4) is 0 Å². The van der Waals surface area contributed by atoms with E-state index in [-0.39, 0.29) is 6.04 Å². The molecular formula is C36H44N2. The van der Waals surface area contributed by atoms with Crippen LogP contribution in [0.15, 0.2) is 132 Å². The van der Waals surface area contributed by atoms with Crippen molar-refractivity contribution in [2.75, 3.05) is 0 Å². The summed E-state index contributed by atoms with van der Waals surface area (Å²) < 4.78 is 0. The Labute approximate surface area is 231 Å². The average Bonchev–Trinajstić information content (AvgIpc) is 3.81. The fourth-order valence-corrected chi connectivity index (χ4v) is 4.90. The molecule has 5 rings (SSSR count). The number of amidine groups is 1. The van der Waals surface area contributed by atoms with Crippen LogP contribution in [0.4, 0.5) is 0 Å². The van der Waals surface area contributed by atoms with Crippen molar-refractivity contribution >= 4 is 5.84 Å². The molecule has 2 nitrogen and oxygen atoms in total. The highest BCUT2D eigenvalue weighted by atomic mass is 15.2. The van der Waals surface area contributed by atoms with Crippen LogP contribution in [0.5, 0.6) is 0 Å². The predicted molar refractivity (Wildman–Crippen MR) is 165 cm³/mol. The fraction of sp³-hybridized carbons (Fsp3) is 0.306. The first kappa shape index (κ1) is 28.9. The van der Waals surface area contributed by atoms with Crippen LogP contribution in [0.1, 0.15) is 88.4 Å². The lowest BCUT2D eigenvalue weighted by Gasteiger charge is -2.39. The maximum atomic E-state index is 4.97. The van der Waals surface area contributed by atoms with Crippen molar-refractivity contribution in [2.24, 2.45) is 4.99 Å². The van der Waals surface area contributed by atoms with Crippen molar-refractivity contribution in [1.82, 2.24) is 4.90 Å². The van der Waals surface area contributed by atoms with Gasteiger partial charge in [0.1, 0.15) is 5.84 Å². The minimum absolute atomic E-state index is 0.0823. The summed E-state index contributed by atoms with van der Waals surface area (Å²) in [5, 5.41) is 0. The number of nitrogens with zero attached hydrogens (tertiary/aromatic N) is 2. The summed E-state index contributed by atoms with van der Waals surface area (Å²) in [7, 11) is 0. The lowest BCUT2D eigenvalue weighted by molar-refractivity contribution is 0.429. The molecule has 1 heterocycles. The summed E-state index contributed by atoms with van der Waals surface area (Å²) in [6, 6.07) is 32.1. The van der Waals surface area contributed by atoms with E-state index in [1.807, 2.05) is 6.92 Å². The molecule has 0 N–H and O–H groups in total. The molecule has 0 spiro atoms. The quantitative estimate of drug-likeness (QED) is 0.292. The van der Waals surface area contributed by atoms with E-state index in [9.17, 15) is 0 Å². The minimum Gasteiger partial charge on any atom is -0.319 e. The Kier molecular flexibility index (Phi) is 11.4. The van der Waals surface area contributed by atoms with Crippen LogP contribution in [-0.2, 0) is 0 Å². The van der Waals surface area contributed by atoms with E-state index in [0.29, 0.717) is 0 Å². The third-order valence-corrected chi connectivity index (χ3v) is 6.80. The number of benzene rings is 3. The molecule has 0 atom stereocenters. The molecule has 38 heavy (non-hydrogen) atoms. The maximum Gasteiger partial charge on any atom is 0.107 e. The van der Waals surface area contributed by atoms with Crippen LogP contribution < -0.4 is 0 Å². The van der Waals surface area contributed by atoms with E-state index in [0.717, 1.165) is 36.7 Å². The van der Waals surface area contributed by atoms with Crippen LogP contribution in [0.2, 0.25) is 0 Å². The second kappa shape index (κ2) is 14.9. The fourth-order valence-electron chi connectivity index (χ4n) is 4.90. The van der Waals surface area contributed by atoms with Crippen LogP contribution in [0.25, 0.3) is 0 Å². The zero-order chi connectivity index (χ0) is 27.3. The van der Waals surface area contributed by atoms with E-state index >= 15 is 0 Å². The van der Waals surface area contributed by atoms with Gasteiger partial charge in [-0.15, -0.1) is 6.58 Å². The number of rotatable bonds is 7. The van der Waals surface area contributed by atoms with Crippen LogP contribution in [0, 0.1) is 0 Å². The lowest BCUT2D eigenvalue weighted by Crippen LogP contribution is -2.36. The molecule has 0 amide bonds. The molecule has 0 unspecified atom stereocenters. The summed E-state index contributed by atoms with van der Waals surface area (Å²) >= 11 is 0. The van der Waals surface area contributed by atoms with Gasteiger partial charge in [0, 0.05) is 11.4 Å². The van der Waals surface area contributed by atoms with Gasteiger partial charge in [-0.25, -0.2) is 4.99 Å². The Bertz CT molecular complexity index is 1160. The van der Waals surface area contributed by atoms with Gasteiger partial charge < -0.3 is 4.90 Å². The Morgan fingerprint density at radius 2 is 1.34 bits per heavy atom. The van der Waals surface area contributed by atoms with Gasteiger partial charge in [0.15, 0.2) is 0 Å². The zero-order valence-electron chi connectivity index (χ0n) is 23.7. The molecule has 1 fully saturated rings. The second-order valence-corrected chi connectivity index (χ2v) is 9.82. The minimum atomic E-state index is 0.0823.